The Labute approximate surface area is 103 Å². The molecule has 0 aromatic rings. The van der Waals surface area contributed by atoms with Crippen LogP contribution in [0.1, 0.15) is 19.3 Å². The molecule has 2 rings (SSSR count). The van der Waals surface area contributed by atoms with Gasteiger partial charge in [-0.2, -0.15) is 0 Å². The fourth-order valence-electron chi connectivity index (χ4n) is 2.64. The number of amides is 1. The van der Waals surface area contributed by atoms with Gasteiger partial charge in [-0.05, 0) is 19.4 Å². The van der Waals surface area contributed by atoms with E-state index in [2.05, 4.69) is 5.32 Å². The maximum atomic E-state index is 11.8. The van der Waals surface area contributed by atoms with Crippen molar-refractivity contribution in [3.05, 3.63) is 0 Å². The van der Waals surface area contributed by atoms with E-state index in [0.29, 0.717) is 18.4 Å². The quantitative estimate of drug-likeness (QED) is 0.798. The van der Waals surface area contributed by atoms with Crippen molar-refractivity contribution in [2.75, 3.05) is 39.9 Å². The summed E-state index contributed by atoms with van der Waals surface area (Å²) in [6.07, 6.45) is 2.92. The lowest BCUT2D eigenvalue weighted by Gasteiger charge is -2.22. The lowest BCUT2D eigenvalue weighted by Crippen LogP contribution is -2.33. The Kier molecular flexibility index (Phi) is 5.02. The van der Waals surface area contributed by atoms with Gasteiger partial charge < -0.3 is 15.0 Å². The molecule has 2 aliphatic heterocycles. The first-order valence-corrected chi connectivity index (χ1v) is 5.73. The zero-order chi connectivity index (χ0) is 10.7. The number of hydrogen-bond acceptors (Lipinski definition) is 3. The Morgan fingerprint density at radius 2 is 2.31 bits per heavy atom. The zero-order valence-electron chi connectivity index (χ0n) is 9.83. The third-order valence-electron chi connectivity index (χ3n) is 3.64. The SMILES string of the molecule is COCCC(=O)N1CCC2(CCNC2)C1.Cl. The summed E-state index contributed by atoms with van der Waals surface area (Å²) in [5.41, 5.74) is 0.392. The molecule has 0 radical (unpaired) electrons. The van der Waals surface area contributed by atoms with Gasteiger partial charge in [0.1, 0.15) is 0 Å². The topological polar surface area (TPSA) is 41.6 Å². The summed E-state index contributed by atoms with van der Waals surface area (Å²) in [5, 5.41) is 3.39. The van der Waals surface area contributed by atoms with Crippen LogP contribution in [0.4, 0.5) is 0 Å². The van der Waals surface area contributed by atoms with Crippen molar-refractivity contribution in [3.63, 3.8) is 0 Å². The van der Waals surface area contributed by atoms with Gasteiger partial charge in [0.15, 0.2) is 0 Å². The third-order valence-corrected chi connectivity index (χ3v) is 3.64. The van der Waals surface area contributed by atoms with Crippen LogP contribution in [0.15, 0.2) is 0 Å². The van der Waals surface area contributed by atoms with Crippen molar-refractivity contribution >= 4 is 18.3 Å². The number of likely N-dealkylation sites (tertiary alicyclic amines) is 1. The van der Waals surface area contributed by atoms with E-state index in [1.54, 1.807) is 7.11 Å². The number of carbonyl (C=O) groups is 1. The van der Waals surface area contributed by atoms with Crippen LogP contribution in [-0.4, -0.2) is 50.7 Å². The zero-order valence-corrected chi connectivity index (χ0v) is 10.6. The molecule has 2 aliphatic rings. The Hall–Kier alpha value is -0.320. The molecule has 1 atom stereocenters. The van der Waals surface area contributed by atoms with Crippen LogP contribution >= 0.6 is 12.4 Å². The van der Waals surface area contributed by atoms with E-state index >= 15 is 0 Å². The molecule has 1 amide bonds. The molecule has 2 saturated heterocycles. The van der Waals surface area contributed by atoms with Crippen molar-refractivity contribution in [1.29, 1.82) is 0 Å². The van der Waals surface area contributed by atoms with Gasteiger partial charge in [0, 0.05) is 32.2 Å². The fourth-order valence-corrected chi connectivity index (χ4v) is 2.64. The molecule has 4 nitrogen and oxygen atoms in total. The fraction of sp³-hybridized carbons (Fsp3) is 0.909. The van der Waals surface area contributed by atoms with Crippen LogP contribution in [0.25, 0.3) is 0 Å². The molecule has 0 bridgehead atoms. The monoisotopic (exact) mass is 248 g/mol. The summed E-state index contributed by atoms with van der Waals surface area (Å²) >= 11 is 0. The van der Waals surface area contributed by atoms with Crippen molar-refractivity contribution < 1.29 is 9.53 Å². The maximum Gasteiger partial charge on any atom is 0.224 e. The number of halogens is 1. The number of ether oxygens (including phenoxy) is 1. The van der Waals surface area contributed by atoms with Gasteiger partial charge in [0.25, 0.3) is 0 Å². The van der Waals surface area contributed by atoms with E-state index in [1.165, 1.54) is 12.8 Å². The van der Waals surface area contributed by atoms with Crippen LogP contribution in [0.2, 0.25) is 0 Å². The van der Waals surface area contributed by atoms with E-state index in [0.717, 1.165) is 26.2 Å². The molecule has 2 fully saturated rings. The van der Waals surface area contributed by atoms with Crippen LogP contribution < -0.4 is 5.32 Å². The largest absolute Gasteiger partial charge is 0.384 e. The predicted molar refractivity (Wildman–Crippen MR) is 64.9 cm³/mol. The van der Waals surface area contributed by atoms with E-state index in [9.17, 15) is 4.79 Å². The molecule has 94 valence electrons. The molecule has 16 heavy (non-hydrogen) atoms. The van der Waals surface area contributed by atoms with Gasteiger partial charge in [0.05, 0.1) is 13.0 Å². The van der Waals surface area contributed by atoms with Gasteiger partial charge in [-0.15, -0.1) is 12.4 Å². The molecular weight excluding hydrogens is 228 g/mol. The molecular formula is C11H21ClN2O2. The Balaban J connectivity index is 0.00000128. The van der Waals surface area contributed by atoms with Gasteiger partial charge >= 0.3 is 0 Å². The van der Waals surface area contributed by atoms with Crippen molar-refractivity contribution in [3.8, 4) is 0 Å². The molecule has 0 aromatic carbocycles. The normalized spacial score (nSPS) is 28.4. The molecule has 2 heterocycles. The summed E-state index contributed by atoms with van der Waals surface area (Å²) in [5.74, 6) is 0.251. The van der Waals surface area contributed by atoms with Gasteiger partial charge in [-0.1, -0.05) is 0 Å². The van der Waals surface area contributed by atoms with E-state index < -0.39 is 0 Å². The highest BCUT2D eigenvalue weighted by Gasteiger charge is 2.41. The minimum absolute atomic E-state index is 0. The highest BCUT2D eigenvalue weighted by atomic mass is 35.5. The average Bonchev–Trinajstić information content (AvgIpc) is 2.86. The highest BCUT2D eigenvalue weighted by molar-refractivity contribution is 5.85. The predicted octanol–water partition coefficient (Wildman–Crippen LogP) is 0.657. The molecule has 5 heteroatoms. The average molecular weight is 249 g/mol. The molecule has 0 aliphatic carbocycles. The second-order valence-electron chi connectivity index (χ2n) is 4.73. The Bertz CT molecular complexity index is 242. The molecule has 1 unspecified atom stereocenters. The van der Waals surface area contributed by atoms with E-state index in [-0.39, 0.29) is 18.3 Å². The van der Waals surface area contributed by atoms with Gasteiger partial charge in [-0.25, -0.2) is 0 Å². The van der Waals surface area contributed by atoms with Crippen LogP contribution in [-0.2, 0) is 9.53 Å². The number of methoxy groups -OCH3 is 1. The summed E-state index contributed by atoms with van der Waals surface area (Å²) in [6, 6.07) is 0. The van der Waals surface area contributed by atoms with Crippen LogP contribution in [0.3, 0.4) is 0 Å². The molecule has 0 aromatic heterocycles. The Morgan fingerprint density at radius 3 is 2.94 bits per heavy atom. The summed E-state index contributed by atoms with van der Waals surface area (Å²) in [7, 11) is 1.64. The first kappa shape index (κ1) is 13.7. The number of nitrogens with zero attached hydrogens (tertiary/aromatic N) is 1. The lowest BCUT2D eigenvalue weighted by molar-refractivity contribution is -0.131. The maximum absolute atomic E-state index is 11.8. The third kappa shape index (κ3) is 2.87. The van der Waals surface area contributed by atoms with Crippen LogP contribution in [0.5, 0.6) is 0 Å². The first-order chi connectivity index (χ1) is 7.26. The standard InChI is InChI=1S/C11H20N2O2.ClH/c1-15-7-2-10(14)13-6-4-11(9-13)3-5-12-8-11;/h12H,2-9H2,1H3;1H. The Morgan fingerprint density at radius 1 is 1.50 bits per heavy atom. The van der Waals surface area contributed by atoms with Crippen molar-refractivity contribution in [2.45, 2.75) is 19.3 Å². The highest BCUT2D eigenvalue weighted by Crippen LogP contribution is 2.36. The first-order valence-electron chi connectivity index (χ1n) is 5.73. The second kappa shape index (κ2) is 5.84. The minimum Gasteiger partial charge on any atom is -0.384 e. The van der Waals surface area contributed by atoms with Crippen molar-refractivity contribution in [2.24, 2.45) is 5.41 Å². The van der Waals surface area contributed by atoms with Gasteiger partial charge in [-0.3, -0.25) is 4.79 Å². The number of nitrogens with one attached hydrogen (secondary N) is 1. The van der Waals surface area contributed by atoms with Crippen molar-refractivity contribution in [1.82, 2.24) is 10.2 Å². The number of hydrogen-bond donors (Lipinski definition) is 1. The van der Waals surface area contributed by atoms with E-state index in [1.807, 2.05) is 4.90 Å². The minimum atomic E-state index is 0. The lowest BCUT2D eigenvalue weighted by atomic mass is 9.87. The number of carbonyl (C=O) groups excluding carboxylic acids is 1. The number of rotatable bonds is 3. The summed E-state index contributed by atoms with van der Waals surface area (Å²) in [4.78, 5) is 13.8. The molecule has 0 saturated carbocycles. The second-order valence-corrected chi connectivity index (χ2v) is 4.73. The summed E-state index contributed by atoms with van der Waals surface area (Å²) < 4.78 is 4.93. The summed E-state index contributed by atoms with van der Waals surface area (Å²) in [6.45, 7) is 4.62. The van der Waals surface area contributed by atoms with Gasteiger partial charge in [0.2, 0.25) is 5.91 Å². The molecule has 1 N–H and O–H groups in total. The molecule has 1 spiro atoms. The van der Waals surface area contributed by atoms with Crippen LogP contribution in [0, 0.1) is 5.41 Å². The van der Waals surface area contributed by atoms with E-state index in [4.69, 9.17) is 4.74 Å². The smallest absolute Gasteiger partial charge is 0.224 e.